The van der Waals surface area contributed by atoms with Crippen LogP contribution in [0.4, 0.5) is 0 Å². The Morgan fingerprint density at radius 2 is 1.83 bits per heavy atom. The maximum atomic E-state index is 4.25. The summed E-state index contributed by atoms with van der Waals surface area (Å²) in [6.07, 6.45) is 1.05. The average molecular weight is 252 g/mol. The maximum absolute atomic E-state index is 4.25. The van der Waals surface area contributed by atoms with Crippen LogP contribution in [0.15, 0.2) is 0 Å². The molecule has 1 saturated heterocycles. The molecule has 6 heteroatoms. The molecule has 0 amide bonds. The SMILES string of the molecule is CCC(c1nnnn1C(C)C)N1CCN(C)CC1. The van der Waals surface area contributed by atoms with E-state index in [1.807, 2.05) is 4.68 Å². The van der Waals surface area contributed by atoms with Crippen LogP contribution >= 0.6 is 0 Å². The fourth-order valence-corrected chi connectivity index (χ4v) is 2.53. The summed E-state index contributed by atoms with van der Waals surface area (Å²) in [7, 11) is 2.18. The molecule has 2 rings (SSSR count). The molecule has 6 nitrogen and oxygen atoms in total. The Balaban J connectivity index is 2.15. The fourth-order valence-electron chi connectivity index (χ4n) is 2.53. The summed E-state index contributed by atoms with van der Waals surface area (Å²) in [6, 6.07) is 0.660. The molecule has 1 aromatic rings. The van der Waals surface area contributed by atoms with Gasteiger partial charge in [0.05, 0.1) is 12.1 Å². The molecule has 0 N–H and O–H groups in total. The van der Waals surface area contributed by atoms with E-state index < -0.39 is 0 Å². The van der Waals surface area contributed by atoms with Crippen molar-refractivity contribution in [3.8, 4) is 0 Å². The fraction of sp³-hybridized carbons (Fsp3) is 0.917. The van der Waals surface area contributed by atoms with Gasteiger partial charge in [0.1, 0.15) is 0 Å². The van der Waals surface area contributed by atoms with Crippen LogP contribution in [-0.4, -0.2) is 63.2 Å². The normalized spacial score (nSPS) is 20.5. The largest absolute Gasteiger partial charge is 0.304 e. The Bertz CT molecular complexity index is 366. The molecule has 1 aliphatic heterocycles. The second-order valence-electron chi connectivity index (χ2n) is 5.34. The Morgan fingerprint density at radius 3 is 2.39 bits per heavy atom. The van der Waals surface area contributed by atoms with Gasteiger partial charge in [-0.25, -0.2) is 4.68 Å². The van der Waals surface area contributed by atoms with Crippen molar-refractivity contribution >= 4 is 0 Å². The first-order chi connectivity index (χ1) is 8.63. The summed E-state index contributed by atoms with van der Waals surface area (Å²) in [6.45, 7) is 10.9. The third-order valence-corrected chi connectivity index (χ3v) is 3.67. The van der Waals surface area contributed by atoms with Crippen molar-refractivity contribution in [2.75, 3.05) is 33.2 Å². The van der Waals surface area contributed by atoms with Crippen molar-refractivity contribution in [2.45, 2.75) is 39.3 Å². The summed E-state index contributed by atoms with van der Waals surface area (Å²) in [5, 5.41) is 12.2. The summed E-state index contributed by atoms with van der Waals surface area (Å²) in [4.78, 5) is 4.87. The lowest BCUT2D eigenvalue weighted by Crippen LogP contribution is -2.46. The third kappa shape index (κ3) is 2.70. The molecule has 18 heavy (non-hydrogen) atoms. The van der Waals surface area contributed by atoms with Gasteiger partial charge >= 0.3 is 0 Å². The van der Waals surface area contributed by atoms with E-state index in [1.165, 1.54) is 0 Å². The van der Waals surface area contributed by atoms with Gasteiger partial charge in [0, 0.05) is 26.2 Å². The van der Waals surface area contributed by atoms with E-state index in [1.54, 1.807) is 0 Å². The molecule has 1 unspecified atom stereocenters. The summed E-state index contributed by atoms with van der Waals surface area (Å²) in [5.41, 5.74) is 0. The van der Waals surface area contributed by atoms with Crippen LogP contribution in [0, 0.1) is 0 Å². The molecule has 0 aromatic carbocycles. The number of aromatic nitrogens is 4. The van der Waals surface area contributed by atoms with Crippen molar-refractivity contribution in [2.24, 2.45) is 0 Å². The highest BCUT2D eigenvalue weighted by molar-refractivity contribution is 4.95. The van der Waals surface area contributed by atoms with Crippen LogP contribution in [-0.2, 0) is 0 Å². The molecule has 0 spiro atoms. The number of rotatable bonds is 4. The molecule has 0 radical (unpaired) electrons. The van der Waals surface area contributed by atoms with E-state index in [0.717, 1.165) is 38.4 Å². The van der Waals surface area contributed by atoms with E-state index >= 15 is 0 Å². The number of hydrogen-bond acceptors (Lipinski definition) is 5. The monoisotopic (exact) mass is 252 g/mol. The van der Waals surface area contributed by atoms with E-state index in [0.29, 0.717) is 12.1 Å². The highest BCUT2D eigenvalue weighted by Crippen LogP contribution is 2.24. The lowest BCUT2D eigenvalue weighted by molar-refractivity contribution is 0.102. The Labute approximate surface area is 109 Å². The summed E-state index contributed by atoms with van der Waals surface area (Å²) < 4.78 is 1.95. The summed E-state index contributed by atoms with van der Waals surface area (Å²) >= 11 is 0. The van der Waals surface area contributed by atoms with E-state index in [9.17, 15) is 0 Å². The zero-order valence-electron chi connectivity index (χ0n) is 11.9. The number of nitrogens with zero attached hydrogens (tertiary/aromatic N) is 6. The van der Waals surface area contributed by atoms with E-state index in [-0.39, 0.29) is 0 Å². The van der Waals surface area contributed by atoms with Crippen LogP contribution in [0.25, 0.3) is 0 Å². The first kappa shape index (κ1) is 13.4. The molecule has 1 fully saturated rings. The number of tetrazole rings is 1. The lowest BCUT2D eigenvalue weighted by Gasteiger charge is -2.37. The van der Waals surface area contributed by atoms with Gasteiger partial charge in [-0.1, -0.05) is 6.92 Å². The number of hydrogen-bond donors (Lipinski definition) is 0. The molecule has 0 saturated carbocycles. The third-order valence-electron chi connectivity index (χ3n) is 3.67. The van der Waals surface area contributed by atoms with Gasteiger partial charge in [-0.2, -0.15) is 0 Å². The van der Waals surface area contributed by atoms with Crippen LogP contribution in [0.2, 0.25) is 0 Å². The second kappa shape index (κ2) is 5.75. The molecule has 1 aromatic heterocycles. The quantitative estimate of drug-likeness (QED) is 0.798. The number of likely N-dealkylation sites (N-methyl/N-ethyl adjacent to an activating group) is 1. The molecular formula is C12H24N6. The zero-order valence-corrected chi connectivity index (χ0v) is 11.9. The Morgan fingerprint density at radius 1 is 1.17 bits per heavy atom. The van der Waals surface area contributed by atoms with Gasteiger partial charge in [0.2, 0.25) is 0 Å². The lowest BCUT2D eigenvalue weighted by atomic mass is 10.1. The van der Waals surface area contributed by atoms with Gasteiger partial charge < -0.3 is 4.90 Å². The van der Waals surface area contributed by atoms with Crippen LogP contribution in [0.1, 0.15) is 45.1 Å². The minimum Gasteiger partial charge on any atom is -0.304 e. The minimum atomic E-state index is 0.316. The van der Waals surface area contributed by atoms with Crippen LogP contribution in [0.3, 0.4) is 0 Å². The highest BCUT2D eigenvalue weighted by Gasteiger charge is 2.27. The Hall–Kier alpha value is -1.01. The van der Waals surface area contributed by atoms with Gasteiger partial charge in [-0.05, 0) is 37.7 Å². The molecular weight excluding hydrogens is 228 g/mol. The predicted octanol–water partition coefficient (Wildman–Crippen LogP) is 0.952. The molecule has 0 bridgehead atoms. The first-order valence-electron chi connectivity index (χ1n) is 6.83. The van der Waals surface area contributed by atoms with Crippen molar-refractivity contribution in [3.05, 3.63) is 5.82 Å². The molecule has 0 aliphatic carbocycles. The maximum Gasteiger partial charge on any atom is 0.168 e. The van der Waals surface area contributed by atoms with Gasteiger partial charge in [-0.15, -0.1) is 5.10 Å². The van der Waals surface area contributed by atoms with Gasteiger partial charge in [0.15, 0.2) is 5.82 Å². The standard InChI is InChI=1S/C12H24N6/c1-5-11(17-8-6-16(4)7-9-17)12-13-14-15-18(12)10(2)3/h10-11H,5-9H2,1-4H3. The zero-order chi connectivity index (χ0) is 13.1. The number of piperazine rings is 1. The predicted molar refractivity (Wildman–Crippen MR) is 70.3 cm³/mol. The van der Waals surface area contributed by atoms with Crippen molar-refractivity contribution in [1.82, 2.24) is 30.0 Å². The molecule has 1 atom stereocenters. The highest BCUT2D eigenvalue weighted by atomic mass is 15.6. The van der Waals surface area contributed by atoms with Crippen molar-refractivity contribution < 1.29 is 0 Å². The molecule has 2 heterocycles. The smallest absolute Gasteiger partial charge is 0.168 e. The first-order valence-corrected chi connectivity index (χ1v) is 6.83. The van der Waals surface area contributed by atoms with E-state index in [2.05, 4.69) is 53.1 Å². The molecule has 1 aliphatic rings. The van der Waals surface area contributed by atoms with E-state index in [4.69, 9.17) is 0 Å². The Kier molecular flexibility index (Phi) is 4.29. The van der Waals surface area contributed by atoms with Crippen LogP contribution in [0.5, 0.6) is 0 Å². The average Bonchev–Trinajstić information content (AvgIpc) is 2.82. The van der Waals surface area contributed by atoms with Gasteiger partial charge in [0.25, 0.3) is 0 Å². The van der Waals surface area contributed by atoms with Crippen molar-refractivity contribution in [1.29, 1.82) is 0 Å². The topological polar surface area (TPSA) is 50.1 Å². The van der Waals surface area contributed by atoms with Crippen molar-refractivity contribution in [3.63, 3.8) is 0 Å². The van der Waals surface area contributed by atoms with Gasteiger partial charge in [-0.3, -0.25) is 4.90 Å². The molecule has 102 valence electrons. The minimum absolute atomic E-state index is 0.316. The summed E-state index contributed by atoms with van der Waals surface area (Å²) in [5.74, 6) is 1.01. The second-order valence-corrected chi connectivity index (χ2v) is 5.34. The van der Waals surface area contributed by atoms with Crippen LogP contribution < -0.4 is 0 Å².